The minimum Gasteiger partial charge on any atom is -0.463 e. The number of aliphatic hydroxyl groups excluding tert-OH is 1. The first kappa shape index (κ1) is 54.9. The SMILES string of the molecule is CCN(CC)CCOC(=O)[C@H](Cc1ccc(NC(=O)c2c(Cl)cccc2Cl)cc1)NC(=O)c1c(C)cccc1Cl.CN(C)C(=O)Oc1cc(OC(=O)N(C)C)cc(C(O)CNC(C)(C)C)c1. The van der Waals surface area contributed by atoms with Crippen molar-refractivity contribution in [3.8, 4) is 11.5 Å². The molecule has 4 amide bonds. The first-order chi connectivity index (χ1) is 31.0. The van der Waals surface area contributed by atoms with Gasteiger partial charge in [-0.2, -0.15) is 0 Å². The van der Waals surface area contributed by atoms with Crippen molar-refractivity contribution in [1.29, 1.82) is 0 Å². The second-order valence-corrected chi connectivity index (χ2v) is 17.7. The van der Waals surface area contributed by atoms with Crippen molar-refractivity contribution in [3.63, 3.8) is 0 Å². The lowest BCUT2D eigenvalue weighted by atomic mass is 10.0. The third kappa shape index (κ3) is 17.8. The van der Waals surface area contributed by atoms with Crippen molar-refractivity contribution in [1.82, 2.24) is 25.3 Å². The molecule has 0 radical (unpaired) electrons. The Morgan fingerprint density at radius 1 is 0.727 bits per heavy atom. The summed E-state index contributed by atoms with van der Waals surface area (Å²) >= 11 is 18.6. The number of esters is 1. The van der Waals surface area contributed by atoms with Gasteiger partial charge in [-0.05, 0) is 99.9 Å². The van der Waals surface area contributed by atoms with Crippen LogP contribution in [-0.4, -0.2) is 122 Å². The van der Waals surface area contributed by atoms with Crippen LogP contribution < -0.4 is 25.4 Å². The van der Waals surface area contributed by atoms with Gasteiger partial charge in [0.15, 0.2) is 0 Å². The lowest BCUT2D eigenvalue weighted by molar-refractivity contribution is -0.146. The molecule has 0 aliphatic rings. The Morgan fingerprint density at radius 3 is 1.73 bits per heavy atom. The number of hydrogen-bond acceptors (Lipinski definition) is 11. The molecule has 0 bridgehead atoms. The first-order valence-electron chi connectivity index (χ1n) is 21.2. The number of halogens is 3. The van der Waals surface area contributed by atoms with E-state index in [9.17, 15) is 29.1 Å². The molecule has 15 nitrogen and oxygen atoms in total. The molecule has 0 saturated heterocycles. The minimum atomic E-state index is -0.956. The fraction of sp³-hybridized carbons (Fsp3) is 0.396. The number of β-amino-alcohol motifs (C(OH)–C–C–N with tert-alkyl or cyclic N) is 1. The van der Waals surface area contributed by atoms with Gasteiger partial charge >= 0.3 is 18.2 Å². The predicted octanol–water partition coefficient (Wildman–Crippen LogP) is 8.66. The zero-order valence-electron chi connectivity index (χ0n) is 39.1. The van der Waals surface area contributed by atoms with Gasteiger partial charge < -0.3 is 50.0 Å². The maximum atomic E-state index is 13.2. The van der Waals surface area contributed by atoms with Crippen LogP contribution in [0.15, 0.2) is 78.9 Å². The summed E-state index contributed by atoms with van der Waals surface area (Å²) in [6, 6.07) is 20.5. The van der Waals surface area contributed by atoms with Crippen LogP contribution in [0.4, 0.5) is 15.3 Å². The number of nitrogens with zero attached hydrogens (tertiary/aromatic N) is 3. The maximum Gasteiger partial charge on any atom is 0.414 e. The van der Waals surface area contributed by atoms with Gasteiger partial charge in [-0.3, -0.25) is 9.59 Å². The molecule has 1 unspecified atom stereocenters. The van der Waals surface area contributed by atoms with Gasteiger partial charge in [0, 0.05) is 65.0 Å². The van der Waals surface area contributed by atoms with Crippen molar-refractivity contribution in [2.24, 2.45) is 0 Å². The summed E-state index contributed by atoms with van der Waals surface area (Å²) < 4.78 is 16.0. The molecule has 0 aliphatic carbocycles. The molecule has 0 aromatic heterocycles. The van der Waals surface area contributed by atoms with Crippen molar-refractivity contribution in [2.75, 3.05) is 66.3 Å². The lowest BCUT2D eigenvalue weighted by Gasteiger charge is -2.23. The van der Waals surface area contributed by atoms with E-state index in [0.29, 0.717) is 33.9 Å². The van der Waals surface area contributed by atoms with E-state index in [-0.39, 0.29) is 52.2 Å². The first-order valence-corrected chi connectivity index (χ1v) is 22.3. The van der Waals surface area contributed by atoms with E-state index in [1.165, 1.54) is 15.9 Å². The summed E-state index contributed by atoms with van der Waals surface area (Å²) in [5, 5.41) is 20.0. The fourth-order valence-electron chi connectivity index (χ4n) is 5.94. The molecular formula is C48H61Cl3N6O9. The van der Waals surface area contributed by atoms with E-state index < -0.39 is 42.1 Å². The number of aliphatic hydroxyl groups is 1. The second kappa shape index (κ2) is 26.1. The maximum absolute atomic E-state index is 13.2. The third-order valence-electron chi connectivity index (χ3n) is 9.68. The van der Waals surface area contributed by atoms with Crippen LogP contribution in [-0.2, 0) is 16.0 Å². The molecule has 0 saturated carbocycles. The molecule has 4 rings (SSSR count). The van der Waals surface area contributed by atoms with Crippen LogP contribution in [0.1, 0.15) is 78.1 Å². The zero-order valence-corrected chi connectivity index (χ0v) is 41.4. The number of benzene rings is 4. The number of nitrogens with one attached hydrogen (secondary N) is 3. The Morgan fingerprint density at radius 2 is 1.24 bits per heavy atom. The Balaban J connectivity index is 0.000000385. The van der Waals surface area contributed by atoms with E-state index in [1.807, 2.05) is 34.6 Å². The molecular weight excluding hydrogens is 911 g/mol. The molecule has 0 spiro atoms. The molecule has 2 atom stereocenters. The van der Waals surface area contributed by atoms with Crippen LogP contribution >= 0.6 is 34.8 Å². The molecule has 0 heterocycles. The number of ether oxygens (including phenoxy) is 3. The number of rotatable bonds is 17. The summed E-state index contributed by atoms with van der Waals surface area (Å²) in [4.78, 5) is 67.3. The number of aryl methyl sites for hydroxylation is 1. The largest absolute Gasteiger partial charge is 0.463 e. The van der Waals surface area contributed by atoms with Crippen LogP contribution in [0.5, 0.6) is 11.5 Å². The highest BCUT2D eigenvalue weighted by atomic mass is 35.5. The number of likely N-dealkylation sites (N-methyl/N-ethyl adjacent to an activating group) is 1. The summed E-state index contributed by atoms with van der Waals surface area (Å²) in [5.41, 5.74) is 2.73. The molecule has 0 fully saturated rings. The number of anilines is 1. The molecule has 4 aromatic carbocycles. The molecule has 66 heavy (non-hydrogen) atoms. The smallest absolute Gasteiger partial charge is 0.414 e. The average molecular weight is 972 g/mol. The van der Waals surface area contributed by atoms with E-state index in [1.54, 1.807) is 108 Å². The van der Waals surface area contributed by atoms with Crippen molar-refractivity contribution >= 4 is 70.5 Å². The summed E-state index contributed by atoms with van der Waals surface area (Å²) in [6.45, 7) is 14.6. The molecule has 4 N–H and O–H groups in total. The van der Waals surface area contributed by atoms with Crippen LogP contribution in [0.3, 0.4) is 0 Å². The summed E-state index contributed by atoms with van der Waals surface area (Å²) in [7, 11) is 6.23. The topological polar surface area (TPSA) is 179 Å². The lowest BCUT2D eigenvalue weighted by Crippen LogP contribution is -2.44. The molecule has 0 aliphatic heterocycles. The molecule has 18 heteroatoms. The van der Waals surface area contributed by atoms with E-state index >= 15 is 0 Å². The van der Waals surface area contributed by atoms with E-state index in [2.05, 4.69) is 20.9 Å². The summed E-state index contributed by atoms with van der Waals surface area (Å²) in [5.74, 6) is -1.10. The van der Waals surface area contributed by atoms with Gasteiger partial charge in [0.25, 0.3) is 11.8 Å². The van der Waals surface area contributed by atoms with Gasteiger partial charge in [-0.15, -0.1) is 0 Å². The highest BCUT2D eigenvalue weighted by Gasteiger charge is 2.26. The Bertz CT molecular complexity index is 2200. The normalized spacial score (nSPS) is 11.9. The van der Waals surface area contributed by atoms with Gasteiger partial charge in [0.05, 0.1) is 32.3 Å². The number of carbonyl (C=O) groups is 5. The molecule has 358 valence electrons. The number of carbonyl (C=O) groups excluding carboxylic acids is 5. The Hall–Kier alpha value is -5.42. The van der Waals surface area contributed by atoms with Crippen molar-refractivity contribution < 1.29 is 43.3 Å². The van der Waals surface area contributed by atoms with Gasteiger partial charge in [-0.1, -0.05) is 79.0 Å². The highest BCUT2D eigenvalue weighted by molar-refractivity contribution is 6.40. The van der Waals surface area contributed by atoms with E-state index in [0.717, 1.165) is 18.7 Å². The van der Waals surface area contributed by atoms with Crippen LogP contribution in [0.25, 0.3) is 0 Å². The van der Waals surface area contributed by atoms with Gasteiger partial charge in [0.2, 0.25) is 0 Å². The standard InChI is InChI=1S/C30H32Cl3N3O4.C18H29N3O5/c1-4-36(5-2)16-17-40-30(39)25(35-28(37)26-19(3)8-6-9-22(26)31)18-20-12-14-21(15-13-20)34-29(38)27-23(32)10-7-11-24(27)33;1-18(2,3)19-11-15(22)12-8-13(25-16(23)20(4)5)10-14(9-12)26-17(24)21(6)7/h6-15,25H,4-5,16-18H2,1-3H3,(H,34,38)(H,35,37);8-10,15,19,22H,11H2,1-7H3/t25-;/m0./s1. The number of hydrogen-bond donors (Lipinski definition) is 4. The Kier molecular flexibility index (Phi) is 21.7. The van der Waals surface area contributed by atoms with E-state index in [4.69, 9.17) is 49.0 Å². The molecule has 4 aromatic rings. The van der Waals surface area contributed by atoms with Crippen molar-refractivity contribution in [2.45, 2.75) is 65.6 Å². The fourth-order valence-corrected chi connectivity index (χ4v) is 6.81. The number of amides is 4. The minimum absolute atomic E-state index is 0.170. The van der Waals surface area contributed by atoms with Crippen molar-refractivity contribution in [3.05, 3.63) is 122 Å². The van der Waals surface area contributed by atoms with Crippen LogP contribution in [0, 0.1) is 6.92 Å². The summed E-state index contributed by atoms with van der Waals surface area (Å²) in [6.07, 6.45) is -1.85. The highest BCUT2D eigenvalue weighted by Crippen LogP contribution is 2.29. The van der Waals surface area contributed by atoms with Gasteiger partial charge in [-0.25, -0.2) is 14.4 Å². The van der Waals surface area contributed by atoms with Crippen LogP contribution in [0.2, 0.25) is 15.1 Å². The Labute approximate surface area is 402 Å². The van der Waals surface area contributed by atoms with Gasteiger partial charge in [0.1, 0.15) is 24.1 Å². The third-order valence-corrected chi connectivity index (χ3v) is 10.6. The average Bonchev–Trinajstić information content (AvgIpc) is 3.24. The second-order valence-electron chi connectivity index (χ2n) is 16.5. The zero-order chi connectivity index (χ0) is 49.3. The predicted molar refractivity (Wildman–Crippen MR) is 259 cm³/mol. The quantitative estimate of drug-likeness (QED) is 0.0745. The monoisotopic (exact) mass is 970 g/mol.